The first-order chi connectivity index (χ1) is 15.5. The third kappa shape index (κ3) is 4.37. The lowest BCUT2D eigenvalue weighted by Gasteiger charge is -2.24. The van der Waals surface area contributed by atoms with Crippen molar-refractivity contribution in [2.75, 3.05) is 13.2 Å². The molecule has 7 nitrogen and oxygen atoms in total. The van der Waals surface area contributed by atoms with E-state index in [2.05, 4.69) is 34.9 Å². The number of benzene rings is 2. The zero-order valence-electron chi connectivity index (χ0n) is 17.7. The topological polar surface area (TPSA) is 105 Å². The van der Waals surface area contributed by atoms with E-state index in [1.807, 2.05) is 24.3 Å². The number of carboxylic acid groups (broad SMARTS) is 1. The molecule has 3 N–H and O–H groups in total. The summed E-state index contributed by atoms with van der Waals surface area (Å²) in [5.41, 5.74) is 3.41. The predicted molar refractivity (Wildman–Crippen MR) is 119 cm³/mol. The van der Waals surface area contributed by atoms with Crippen molar-refractivity contribution in [1.82, 2.24) is 10.6 Å². The molecule has 4 rings (SSSR count). The largest absolute Gasteiger partial charge is 0.480 e. The Bertz CT molecular complexity index is 1010. The maximum Gasteiger partial charge on any atom is 0.407 e. The van der Waals surface area contributed by atoms with Gasteiger partial charge in [0, 0.05) is 18.5 Å². The van der Waals surface area contributed by atoms with Gasteiger partial charge < -0.3 is 20.5 Å². The number of carbonyl (C=O) groups is 3. The second kappa shape index (κ2) is 9.26. The first-order valence-electron chi connectivity index (χ1n) is 10.8. The van der Waals surface area contributed by atoms with Crippen LogP contribution in [0.5, 0.6) is 0 Å². The van der Waals surface area contributed by atoms with Crippen LogP contribution in [0.15, 0.2) is 60.7 Å². The van der Waals surface area contributed by atoms with E-state index in [9.17, 15) is 19.5 Å². The second-order valence-electron chi connectivity index (χ2n) is 8.19. The summed E-state index contributed by atoms with van der Waals surface area (Å²) >= 11 is 0. The molecule has 1 fully saturated rings. The molecule has 0 aromatic heterocycles. The normalized spacial score (nSPS) is 16.4. The summed E-state index contributed by atoms with van der Waals surface area (Å²) in [5, 5.41) is 14.6. The van der Waals surface area contributed by atoms with Crippen LogP contribution in [0, 0.1) is 0 Å². The van der Waals surface area contributed by atoms with Crippen LogP contribution in [0.3, 0.4) is 0 Å². The number of hydrogen-bond donors (Lipinski definition) is 3. The van der Waals surface area contributed by atoms with Gasteiger partial charge in [0.15, 0.2) is 0 Å². The van der Waals surface area contributed by atoms with Gasteiger partial charge >= 0.3 is 12.1 Å². The monoisotopic (exact) mass is 434 g/mol. The molecule has 0 atom stereocenters. The molecular formula is C25H26N2O5. The fourth-order valence-corrected chi connectivity index (χ4v) is 4.61. The van der Waals surface area contributed by atoms with Gasteiger partial charge in [0.05, 0.1) is 0 Å². The molecular weight excluding hydrogens is 408 g/mol. The lowest BCUT2D eigenvalue weighted by molar-refractivity contribution is -0.146. The minimum Gasteiger partial charge on any atom is -0.480 e. The first-order valence-corrected chi connectivity index (χ1v) is 10.8. The molecule has 0 saturated heterocycles. The van der Waals surface area contributed by atoms with Crippen molar-refractivity contribution in [3.05, 3.63) is 71.8 Å². The van der Waals surface area contributed by atoms with Gasteiger partial charge in [-0.05, 0) is 35.1 Å². The van der Waals surface area contributed by atoms with E-state index in [4.69, 9.17) is 4.74 Å². The van der Waals surface area contributed by atoms with Crippen LogP contribution in [0.2, 0.25) is 0 Å². The van der Waals surface area contributed by atoms with Crippen LogP contribution >= 0.6 is 0 Å². The number of amides is 2. The molecule has 2 amide bonds. The molecule has 0 spiro atoms. The number of carboxylic acids is 1. The Labute approximate surface area is 186 Å². The van der Waals surface area contributed by atoms with Gasteiger partial charge in [-0.1, -0.05) is 67.4 Å². The minimum absolute atomic E-state index is 0.0203. The zero-order chi connectivity index (χ0) is 22.6. The molecule has 2 aliphatic rings. The summed E-state index contributed by atoms with van der Waals surface area (Å²) in [6.45, 7) is 0.315. The third-order valence-corrected chi connectivity index (χ3v) is 6.21. The molecule has 0 bridgehead atoms. The van der Waals surface area contributed by atoms with Crippen LogP contribution in [-0.4, -0.2) is 41.8 Å². The highest BCUT2D eigenvalue weighted by Crippen LogP contribution is 2.44. The molecule has 1 saturated carbocycles. The summed E-state index contributed by atoms with van der Waals surface area (Å²) in [6, 6.07) is 16.2. The van der Waals surface area contributed by atoms with E-state index in [1.165, 1.54) is 12.2 Å². The van der Waals surface area contributed by atoms with Gasteiger partial charge in [0.2, 0.25) is 5.91 Å². The summed E-state index contributed by atoms with van der Waals surface area (Å²) in [4.78, 5) is 35.7. The molecule has 0 aliphatic heterocycles. The van der Waals surface area contributed by atoms with Crippen molar-refractivity contribution in [2.24, 2.45) is 0 Å². The van der Waals surface area contributed by atoms with Crippen LogP contribution in [0.1, 0.15) is 42.7 Å². The first kappa shape index (κ1) is 21.6. The average molecular weight is 434 g/mol. The highest BCUT2D eigenvalue weighted by Gasteiger charge is 2.42. The third-order valence-electron chi connectivity index (χ3n) is 6.21. The lowest BCUT2D eigenvalue weighted by Crippen LogP contribution is -2.52. The minimum atomic E-state index is -1.18. The summed E-state index contributed by atoms with van der Waals surface area (Å²) < 4.78 is 5.44. The molecule has 2 aliphatic carbocycles. The predicted octanol–water partition coefficient (Wildman–Crippen LogP) is 3.59. The second-order valence-corrected chi connectivity index (χ2v) is 8.19. The average Bonchev–Trinajstić information content (AvgIpc) is 3.39. The van der Waals surface area contributed by atoms with Crippen LogP contribution in [-0.2, 0) is 14.3 Å². The lowest BCUT2D eigenvalue weighted by atomic mass is 9.98. The SMILES string of the molecule is O=C(/C=C/CNC(=O)OCC1c2ccccc2-c2ccccc21)NC1(C(=O)O)CCCC1. The van der Waals surface area contributed by atoms with E-state index in [1.54, 1.807) is 0 Å². The number of alkyl carbamates (subject to hydrolysis) is 1. The number of carbonyl (C=O) groups excluding carboxylic acids is 2. The van der Waals surface area contributed by atoms with Gasteiger partial charge in [-0.3, -0.25) is 4.79 Å². The molecule has 32 heavy (non-hydrogen) atoms. The molecule has 166 valence electrons. The van der Waals surface area contributed by atoms with Gasteiger partial charge in [-0.25, -0.2) is 9.59 Å². The number of rotatable bonds is 7. The van der Waals surface area contributed by atoms with Crippen molar-refractivity contribution in [1.29, 1.82) is 0 Å². The highest BCUT2D eigenvalue weighted by molar-refractivity contribution is 5.93. The van der Waals surface area contributed by atoms with Crippen molar-refractivity contribution in [3.8, 4) is 11.1 Å². The Kier molecular flexibility index (Phi) is 6.25. The number of hydrogen-bond acceptors (Lipinski definition) is 4. The van der Waals surface area contributed by atoms with E-state index >= 15 is 0 Å². The number of fused-ring (bicyclic) bond motifs is 3. The number of aliphatic carboxylic acids is 1. The highest BCUT2D eigenvalue weighted by atomic mass is 16.5. The fourth-order valence-electron chi connectivity index (χ4n) is 4.61. The van der Waals surface area contributed by atoms with Gasteiger partial charge in [0.1, 0.15) is 12.1 Å². The van der Waals surface area contributed by atoms with E-state index in [-0.39, 0.29) is 19.1 Å². The standard InChI is InChI=1S/C25H26N2O5/c28-22(27-25(23(29)30)13-5-6-14-25)12-7-15-26-24(31)32-16-21-19-10-3-1-8-17(19)18-9-2-4-11-20(18)21/h1-4,7-12,21H,5-6,13-16H2,(H,26,31)(H,27,28)(H,29,30)/b12-7+. The van der Waals surface area contributed by atoms with Crippen molar-refractivity contribution >= 4 is 18.0 Å². The van der Waals surface area contributed by atoms with Crippen molar-refractivity contribution in [3.63, 3.8) is 0 Å². The molecule has 0 heterocycles. The van der Waals surface area contributed by atoms with E-state index < -0.39 is 23.5 Å². The molecule has 2 aromatic rings. The van der Waals surface area contributed by atoms with Crippen LogP contribution in [0.25, 0.3) is 11.1 Å². The molecule has 2 aromatic carbocycles. The Morgan fingerprint density at radius 2 is 1.59 bits per heavy atom. The van der Waals surface area contributed by atoms with Crippen molar-refractivity contribution in [2.45, 2.75) is 37.1 Å². The Morgan fingerprint density at radius 1 is 1.00 bits per heavy atom. The van der Waals surface area contributed by atoms with Crippen LogP contribution in [0.4, 0.5) is 4.79 Å². The Morgan fingerprint density at radius 3 is 2.19 bits per heavy atom. The van der Waals surface area contributed by atoms with Gasteiger partial charge in [-0.2, -0.15) is 0 Å². The zero-order valence-corrected chi connectivity index (χ0v) is 17.7. The van der Waals surface area contributed by atoms with Crippen LogP contribution < -0.4 is 10.6 Å². The maximum absolute atomic E-state index is 12.1. The Balaban J connectivity index is 1.26. The Hall–Kier alpha value is -3.61. The van der Waals surface area contributed by atoms with Gasteiger partial charge in [-0.15, -0.1) is 0 Å². The molecule has 0 radical (unpaired) electrons. The van der Waals surface area contributed by atoms with Crippen molar-refractivity contribution < 1.29 is 24.2 Å². The smallest absolute Gasteiger partial charge is 0.407 e. The van der Waals surface area contributed by atoms with Gasteiger partial charge in [0.25, 0.3) is 0 Å². The quantitative estimate of drug-likeness (QED) is 0.578. The number of nitrogens with one attached hydrogen (secondary N) is 2. The number of ether oxygens (including phenoxy) is 1. The summed E-state index contributed by atoms with van der Waals surface area (Å²) in [5.74, 6) is -1.51. The van der Waals surface area contributed by atoms with E-state index in [0.717, 1.165) is 35.1 Å². The maximum atomic E-state index is 12.1. The summed E-state index contributed by atoms with van der Waals surface area (Å²) in [7, 11) is 0. The molecule has 7 heteroatoms. The summed E-state index contributed by atoms with van der Waals surface area (Å²) in [6.07, 6.45) is 4.56. The molecule has 0 unspecified atom stereocenters. The fraction of sp³-hybridized carbons (Fsp3) is 0.320. The van der Waals surface area contributed by atoms with E-state index in [0.29, 0.717) is 12.8 Å².